The molecule has 0 aromatic heterocycles. The third-order valence-electron chi connectivity index (χ3n) is 3.28. The molecule has 120 valence electrons. The fourth-order valence-corrected chi connectivity index (χ4v) is 2.85. The van der Waals surface area contributed by atoms with Gasteiger partial charge in [0.2, 0.25) is 11.8 Å². The monoisotopic (exact) mass is 328 g/mol. The zero-order valence-corrected chi connectivity index (χ0v) is 13.6. The molecule has 3 N–H and O–H groups in total. The van der Waals surface area contributed by atoms with E-state index >= 15 is 0 Å². The number of aryl methyl sites for hydroxylation is 1. The third kappa shape index (κ3) is 6.16. The van der Waals surface area contributed by atoms with E-state index in [9.17, 15) is 9.59 Å². The molecule has 2 aromatic carbocycles. The van der Waals surface area contributed by atoms with E-state index in [0.29, 0.717) is 17.0 Å². The van der Waals surface area contributed by atoms with Crippen LogP contribution in [0.2, 0.25) is 0 Å². The SMILES string of the molecule is NC(=O)c1ccc(NC(=O)CSCCCc2ccccc2)cc1. The van der Waals surface area contributed by atoms with Crippen molar-refractivity contribution in [2.24, 2.45) is 5.73 Å². The Morgan fingerprint density at radius 2 is 1.70 bits per heavy atom. The van der Waals surface area contributed by atoms with Crippen LogP contribution in [0.1, 0.15) is 22.3 Å². The Balaban J connectivity index is 1.64. The number of rotatable bonds is 8. The normalized spacial score (nSPS) is 10.3. The molecule has 2 aromatic rings. The lowest BCUT2D eigenvalue weighted by Crippen LogP contribution is -2.15. The van der Waals surface area contributed by atoms with Crippen LogP contribution >= 0.6 is 11.8 Å². The van der Waals surface area contributed by atoms with Crippen molar-refractivity contribution in [3.8, 4) is 0 Å². The van der Waals surface area contributed by atoms with Gasteiger partial charge in [-0.2, -0.15) is 11.8 Å². The minimum atomic E-state index is -0.475. The second-order valence-corrected chi connectivity index (χ2v) is 6.24. The Morgan fingerprint density at radius 1 is 1.00 bits per heavy atom. The maximum absolute atomic E-state index is 11.8. The molecule has 2 rings (SSSR count). The second-order valence-electron chi connectivity index (χ2n) is 5.13. The van der Waals surface area contributed by atoms with Crippen LogP contribution in [0.5, 0.6) is 0 Å². The lowest BCUT2D eigenvalue weighted by atomic mass is 10.1. The van der Waals surface area contributed by atoms with Gasteiger partial charge >= 0.3 is 0 Å². The van der Waals surface area contributed by atoms with Gasteiger partial charge in [-0.25, -0.2) is 0 Å². The standard InChI is InChI=1S/C18H20N2O2S/c19-18(22)15-8-10-16(11-9-15)20-17(21)13-23-12-4-7-14-5-2-1-3-6-14/h1-3,5-6,8-11H,4,7,12-13H2,(H2,19,22)(H,20,21). The van der Waals surface area contributed by atoms with Crippen molar-refractivity contribution in [1.29, 1.82) is 0 Å². The van der Waals surface area contributed by atoms with Gasteiger partial charge in [-0.05, 0) is 48.4 Å². The summed E-state index contributed by atoms with van der Waals surface area (Å²) in [6, 6.07) is 16.9. The van der Waals surface area contributed by atoms with Crippen LogP contribution < -0.4 is 11.1 Å². The summed E-state index contributed by atoms with van der Waals surface area (Å²) >= 11 is 1.62. The number of benzene rings is 2. The molecule has 23 heavy (non-hydrogen) atoms. The maximum atomic E-state index is 11.8. The molecule has 2 amide bonds. The van der Waals surface area contributed by atoms with Crippen molar-refractivity contribution in [2.75, 3.05) is 16.8 Å². The summed E-state index contributed by atoms with van der Waals surface area (Å²) in [5, 5.41) is 2.80. The van der Waals surface area contributed by atoms with E-state index in [1.54, 1.807) is 36.0 Å². The summed E-state index contributed by atoms with van der Waals surface area (Å²) < 4.78 is 0. The smallest absolute Gasteiger partial charge is 0.248 e. The van der Waals surface area contributed by atoms with Crippen molar-refractivity contribution in [2.45, 2.75) is 12.8 Å². The van der Waals surface area contributed by atoms with Crippen LogP contribution in [0.4, 0.5) is 5.69 Å². The highest BCUT2D eigenvalue weighted by Gasteiger charge is 2.04. The van der Waals surface area contributed by atoms with Crippen LogP contribution in [-0.2, 0) is 11.2 Å². The highest BCUT2D eigenvalue weighted by Crippen LogP contribution is 2.11. The minimum Gasteiger partial charge on any atom is -0.366 e. The lowest BCUT2D eigenvalue weighted by molar-refractivity contribution is -0.113. The van der Waals surface area contributed by atoms with Crippen molar-refractivity contribution < 1.29 is 9.59 Å². The number of carbonyl (C=O) groups is 2. The molecule has 0 radical (unpaired) electrons. The first kappa shape index (κ1) is 17.1. The minimum absolute atomic E-state index is 0.0402. The van der Waals surface area contributed by atoms with Crippen molar-refractivity contribution in [1.82, 2.24) is 0 Å². The number of amides is 2. The molecular formula is C18H20N2O2S. The quantitative estimate of drug-likeness (QED) is 0.731. The second kappa shape index (κ2) is 9.00. The van der Waals surface area contributed by atoms with Crippen molar-refractivity contribution in [3.63, 3.8) is 0 Å². The van der Waals surface area contributed by atoms with Gasteiger partial charge in [0, 0.05) is 11.3 Å². The fourth-order valence-electron chi connectivity index (χ4n) is 2.10. The summed E-state index contributed by atoms with van der Waals surface area (Å²) in [6.07, 6.45) is 2.08. The van der Waals surface area contributed by atoms with Gasteiger partial charge in [-0.15, -0.1) is 0 Å². The highest BCUT2D eigenvalue weighted by atomic mass is 32.2. The van der Waals surface area contributed by atoms with E-state index in [0.717, 1.165) is 18.6 Å². The Morgan fingerprint density at radius 3 is 2.35 bits per heavy atom. The Bertz CT molecular complexity index is 642. The number of primary amides is 1. The van der Waals surface area contributed by atoms with Gasteiger partial charge < -0.3 is 11.1 Å². The molecule has 4 nitrogen and oxygen atoms in total. The number of thioether (sulfide) groups is 1. The van der Waals surface area contributed by atoms with Gasteiger partial charge in [-0.3, -0.25) is 9.59 Å². The topological polar surface area (TPSA) is 72.2 Å². The lowest BCUT2D eigenvalue weighted by Gasteiger charge is -2.06. The fraction of sp³-hybridized carbons (Fsp3) is 0.222. The molecule has 0 aliphatic rings. The Labute approximate surface area is 140 Å². The zero-order chi connectivity index (χ0) is 16.5. The van der Waals surface area contributed by atoms with Gasteiger partial charge in [0.05, 0.1) is 5.75 Å². The maximum Gasteiger partial charge on any atom is 0.248 e. The van der Waals surface area contributed by atoms with E-state index in [1.807, 2.05) is 18.2 Å². The number of nitrogens with one attached hydrogen (secondary N) is 1. The molecule has 0 aliphatic carbocycles. The molecule has 0 heterocycles. The number of anilines is 1. The highest BCUT2D eigenvalue weighted by molar-refractivity contribution is 7.99. The largest absolute Gasteiger partial charge is 0.366 e. The first-order chi connectivity index (χ1) is 11.1. The van der Waals surface area contributed by atoms with E-state index < -0.39 is 5.91 Å². The van der Waals surface area contributed by atoms with Gasteiger partial charge in [0.15, 0.2) is 0 Å². The molecule has 5 heteroatoms. The number of nitrogens with two attached hydrogens (primary N) is 1. The van der Waals surface area contributed by atoms with Gasteiger partial charge in [-0.1, -0.05) is 30.3 Å². The van der Waals surface area contributed by atoms with Crippen molar-refractivity contribution >= 4 is 29.3 Å². The van der Waals surface area contributed by atoms with E-state index in [-0.39, 0.29) is 5.91 Å². The molecule has 0 bridgehead atoms. The Hall–Kier alpha value is -2.27. The van der Waals surface area contributed by atoms with Crippen LogP contribution in [0.25, 0.3) is 0 Å². The number of hydrogen-bond donors (Lipinski definition) is 2. The zero-order valence-electron chi connectivity index (χ0n) is 12.8. The molecule has 0 saturated carbocycles. The van der Waals surface area contributed by atoms with Crippen molar-refractivity contribution in [3.05, 3.63) is 65.7 Å². The predicted octanol–water partition coefficient (Wildman–Crippen LogP) is 3.09. The van der Waals surface area contributed by atoms with Gasteiger partial charge in [0.25, 0.3) is 0 Å². The molecule has 0 unspecified atom stereocenters. The number of carbonyl (C=O) groups excluding carboxylic acids is 2. The molecule has 0 aliphatic heterocycles. The van der Waals surface area contributed by atoms with Crippen LogP contribution in [0.15, 0.2) is 54.6 Å². The third-order valence-corrected chi connectivity index (χ3v) is 4.33. The molecule has 0 saturated heterocycles. The molecular weight excluding hydrogens is 308 g/mol. The molecule has 0 atom stereocenters. The average Bonchev–Trinajstić information content (AvgIpc) is 2.56. The molecule has 0 fully saturated rings. The van der Waals surface area contributed by atoms with E-state index in [4.69, 9.17) is 5.73 Å². The van der Waals surface area contributed by atoms with Crippen LogP contribution in [0.3, 0.4) is 0 Å². The summed E-state index contributed by atoms with van der Waals surface area (Å²) in [4.78, 5) is 22.8. The average molecular weight is 328 g/mol. The first-order valence-electron chi connectivity index (χ1n) is 7.46. The van der Waals surface area contributed by atoms with Crippen LogP contribution in [0, 0.1) is 0 Å². The Kier molecular flexibility index (Phi) is 6.69. The van der Waals surface area contributed by atoms with E-state index in [1.165, 1.54) is 5.56 Å². The summed E-state index contributed by atoms with van der Waals surface area (Å²) in [6.45, 7) is 0. The number of hydrogen-bond acceptors (Lipinski definition) is 3. The van der Waals surface area contributed by atoms with E-state index in [2.05, 4.69) is 17.4 Å². The predicted molar refractivity (Wildman–Crippen MR) is 95.7 cm³/mol. The first-order valence-corrected chi connectivity index (χ1v) is 8.62. The summed E-state index contributed by atoms with van der Waals surface area (Å²) in [5.41, 5.74) is 7.60. The molecule has 0 spiro atoms. The van der Waals surface area contributed by atoms with Crippen LogP contribution in [-0.4, -0.2) is 23.3 Å². The summed E-state index contributed by atoms with van der Waals surface area (Å²) in [5.74, 6) is 0.855. The van der Waals surface area contributed by atoms with Gasteiger partial charge in [0.1, 0.15) is 0 Å². The summed E-state index contributed by atoms with van der Waals surface area (Å²) in [7, 11) is 0.